The number of rotatable bonds is 4. The zero-order valence-corrected chi connectivity index (χ0v) is 44.7. The quantitative estimate of drug-likeness (QED) is 0.271. The standard InChI is InChI=1S/2C12H22O.2C10H20O.2C4H10O.2Al.2Li.8H/c2*1-10(2,3)9-6-7-11(4)12(5,8-9)13-11;1-10(2,3)8-4-6-9(11)7-5-8;1-10(2,3)8-5-4-6-9(11)7-8;2*1-3-5-4-2;;;;;;;;;;;;/h2*9H,6-8H2,1-5H3;2*8-9,11H,4-7H2,1-3H3;2*3-4H2,1-2H3;;;;;;;;;;;;/q;;;;;;;;2*+1;;;;;;;2*-1. The van der Waals surface area contributed by atoms with Gasteiger partial charge in [-0.05, 0) is 184 Å². The predicted molar refractivity (Wildman–Crippen MR) is 271 cm³/mol. The summed E-state index contributed by atoms with van der Waals surface area (Å²) in [6, 6.07) is 0. The molecular formula is C52H112Al2Li2O6. The van der Waals surface area contributed by atoms with Crippen LogP contribution in [0.25, 0.3) is 0 Å². The molecule has 4 saturated carbocycles. The van der Waals surface area contributed by atoms with Gasteiger partial charge in [-0.25, -0.2) is 0 Å². The zero-order chi connectivity index (χ0) is 45.0. The molecule has 6 aliphatic rings. The van der Waals surface area contributed by atoms with Gasteiger partial charge in [-0.2, -0.15) is 0 Å². The summed E-state index contributed by atoms with van der Waals surface area (Å²) in [5.41, 5.74) is 2.63. The molecule has 10 heteroatoms. The van der Waals surface area contributed by atoms with Gasteiger partial charge >= 0.3 is 37.7 Å². The van der Waals surface area contributed by atoms with E-state index >= 15 is 0 Å². The van der Waals surface area contributed by atoms with Crippen LogP contribution in [-0.4, -0.2) is 106 Å². The molecule has 0 bridgehead atoms. The monoisotopic (exact) mass is 901 g/mol. The molecule has 0 spiro atoms. The van der Waals surface area contributed by atoms with E-state index in [9.17, 15) is 10.2 Å². The molecule has 0 aromatic heterocycles. The van der Waals surface area contributed by atoms with Crippen LogP contribution in [0.3, 0.4) is 0 Å². The molecule has 4 aliphatic carbocycles. The molecule has 2 heterocycles. The number of aliphatic hydroxyl groups is 2. The summed E-state index contributed by atoms with van der Waals surface area (Å²) in [6.45, 7) is 48.3. The topological polar surface area (TPSA) is 84.0 Å². The summed E-state index contributed by atoms with van der Waals surface area (Å²) in [5.74, 6) is 3.23. The van der Waals surface area contributed by atoms with Crippen molar-refractivity contribution in [2.75, 3.05) is 26.4 Å². The maximum Gasteiger partial charge on any atom is 1.00 e. The average Bonchev–Trinajstić information content (AvgIpc) is 3.90. The van der Waals surface area contributed by atoms with Crippen molar-refractivity contribution >= 4 is 34.7 Å². The molecule has 2 N–H and O–H groups in total. The Labute approximate surface area is 436 Å². The van der Waals surface area contributed by atoms with Gasteiger partial charge in [0.2, 0.25) is 0 Å². The molecule has 6 nitrogen and oxygen atoms in total. The number of aliphatic hydroxyl groups excluding tert-OH is 2. The van der Waals surface area contributed by atoms with E-state index in [2.05, 4.69) is 111 Å². The van der Waals surface area contributed by atoms with Gasteiger partial charge in [-0.3, -0.25) is 0 Å². The fourth-order valence-electron chi connectivity index (χ4n) is 9.91. The SMILES string of the molecule is CC(C)(C)C1CCC(O)CC1.CC(C)(C)C1CCC2(C)OC2(C)C1.CC(C)(C)C1CCC2(C)OC2(C)C1.CC(C)(C)C1CCCC(O)C1.CCOCC.CCOCC.[AlH3].[AlH3].[H-].[H-].[Li+].[Li+]. The number of ether oxygens (including phenoxy) is 4. The summed E-state index contributed by atoms with van der Waals surface area (Å²) in [4.78, 5) is 0. The van der Waals surface area contributed by atoms with Gasteiger partial charge in [0, 0.05) is 26.4 Å². The summed E-state index contributed by atoms with van der Waals surface area (Å²) in [6.07, 6.45) is 16.7. The number of hydrogen-bond donors (Lipinski definition) is 2. The van der Waals surface area contributed by atoms with Crippen LogP contribution in [0.5, 0.6) is 0 Å². The van der Waals surface area contributed by atoms with E-state index in [1.807, 2.05) is 27.7 Å². The molecule has 8 atom stereocenters. The van der Waals surface area contributed by atoms with Crippen molar-refractivity contribution in [1.82, 2.24) is 0 Å². The van der Waals surface area contributed by atoms with Crippen LogP contribution in [0.2, 0.25) is 0 Å². The molecule has 8 unspecified atom stereocenters. The molecule has 62 heavy (non-hydrogen) atoms. The Hall–Kier alpha value is 2.02. The Morgan fingerprint density at radius 1 is 0.452 bits per heavy atom. The molecule has 0 aromatic carbocycles. The molecule has 364 valence electrons. The van der Waals surface area contributed by atoms with E-state index in [-0.39, 0.29) is 110 Å². The minimum atomic E-state index is -0.0204. The minimum absolute atomic E-state index is 0. The number of hydrogen-bond acceptors (Lipinski definition) is 6. The van der Waals surface area contributed by atoms with Gasteiger partial charge in [-0.1, -0.05) is 89.5 Å². The Kier molecular flexibility index (Phi) is 34.1. The Morgan fingerprint density at radius 2 is 0.774 bits per heavy atom. The zero-order valence-electron chi connectivity index (χ0n) is 46.7. The van der Waals surface area contributed by atoms with Crippen LogP contribution in [0.1, 0.15) is 231 Å². The van der Waals surface area contributed by atoms with Crippen molar-refractivity contribution in [2.24, 2.45) is 45.3 Å². The number of epoxide rings is 2. The molecule has 0 aromatic rings. The molecule has 6 rings (SSSR count). The van der Waals surface area contributed by atoms with Crippen molar-refractivity contribution in [2.45, 2.75) is 263 Å². The normalized spacial score (nSPS) is 34.4. The first-order valence-electron chi connectivity index (χ1n) is 24.3. The van der Waals surface area contributed by atoms with Crippen molar-refractivity contribution in [3.63, 3.8) is 0 Å². The third-order valence-corrected chi connectivity index (χ3v) is 15.3. The van der Waals surface area contributed by atoms with Crippen LogP contribution < -0.4 is 37.7 Å². The number of fused-ring (bicyclic) bond motifs is 2. The van der Waals surface area contributed by atoms with Crippen molar-refractivity contribution < 1.29 is 69.7 Å². The summed E-state index contributed by atoms with van der Waals surface area (Å²) in [5, 5.41) is 18.7. The molecule has 0 radical (unpaired) electrons. The summed E-state index contributed by atoms with van der Waals surface area (Å²) in [7, 11) is 0. The van der Waals surface area contributed by atoms with Crippen LogP contribution in [0.15, 0.2) is 0 Å². The summed E-state index contributed by atoms with van der Waals surface area (Å²) >= 11 is 0. The predicted octanol–water partition coefficient (Wildman–Crippen LogP) is 5.88. The third-order valence-electron chi connectivity index (χ3n) is 15.3. The maximum atomic E-state index is 9.44. The molecule has 6 fully saturated rings. The summed E-state index contributed by atoms with van der Waals surface area (Å²) < 4.78 is 21.4. The van der Waals surface area contributed by atoms with Crippen molar-refractivity contribution in [1.29, 1.82) is 0 Å². The van der Waals surface area contributed by atoms with Gasteiger partial charge < -0.3 is 32.0 Å². The second-order valence-corrected chi connectivity index (χ2v) is 24.1. The van der Waals surface area contributed by atoms with Gasteiger partial charge in [0.15, 0.2) is 34.7 Å². The van der Waals surface area contributed by atoms with Crippen LogP contribution >= 0.6 is 0 Å². The van der Waals surface area contributed by atoms with Gasteiger partial charge in [0.1, 0.15) is 0 Å². The third kappa shape index (κ3) is 24.0. The van der Waals surface area contributed by atoms with E-state index in [0.717, 1.165) is 75.8 Å². The van der Waals surface area contributed by atoms with Gasteiger partial charge in [0.05, 0.1) is 34.6 Å². The molecule has 2 aliphatic heterocycles. The van der Waals surface area contributed by atoms with E-state index in [0.29, 0.717) is 21.7 Å². The largest absolute Gasteiger partial charge is 1.00 e. The average molecular weight is 901 g/mol. The smallest absolute Gasteiger partial charge is 1.00 e. The van der Waals surface area contributed by atoms with E-state index in [1.165, 1.54) is 64.2 Å². The first kappa shape index (κ1) is 70.6. The second-order valence-electron chi connectivity index (χ2n) is 24.1. The molecule has 2 saturated heterocycles. The Balaban J connectivity index is -0.000000159. The van der Waals surface area contributed by atoms with Crippen LogP contribution in [-0.2, 0) is 18.9 Å². The second kappa shape index (κ2) is 29.9. The molecular weight excluding hydrogens is 788 g/mol. The van der Waals surface area contributed by atoms with Crippen molar-refractivity contribution in [3.8, 4) is 0 Å². The van der Waals surface area contributed by atoms with Crippen LogP contribution in [0, 0.1) is 45.3 Å². The van der Waals surface area contributed by atoms with Gasteiger partial charge in [0.25, 0.3) is 0 Å². The first-order valence-corrected chi connectivity index (χ1v) is 24.3. The maximum absolute atomic E-state index is 9.44. The van der Waals surface area contributed by atoms with Crippen molar-refractivity contribution in [3.05, 3.63) is 0 Å². The Morgan fingerprint density at radius 3 is 1.00 bits per heavy atom. The van der Waals surface area contributed by atoms with Gasteiger partial charge in [-0.15, -0.1) is 0 Å². The minimum Gasteiger partial charge on any atom is -1.00 e. The van der Waals surface area contributed by atoms with E-state index < -0.39 is 0 Å². The molecule has 0 amide bonds. The fourth-order valence-corrected chi connectivity index (χ4v) is 9.91. The van der Waals surface area contributed by atoms with E-state index in [4.69, 9.17) is 18.9 Å². The van der Waals surface area contributed by atoms with Crippen LogP contribution in [0.4, 0.5) is 0 Å². The Bertz CT molecular complexity index is 1100. The van der Waals surface area contributed by atoms with E-state index in [1.54, 1.807) is 0 Å². The fraction of sp³-hybridized carbons (Fsp3) is 1.00. The first-order chi connectivity index (χ1) is 26.4.